The van der Waals surface area contributed by atoms with Gasteiger partial charge in [0.25, 0.3) is 5.91 Å². The molecule has 7 heteroatoms. The molecule has 2 fully saturated rings. The maximum absolute atomic E-state index is 12.9. The highest BCUT2D eigenvalue weighted by molar-refractivity contribution is 7.99. The smallest absolute Gasteiger partial charge is 0.257 e. The van der Waals surface area contributed by atoms with Crippen LogP contribution in [-0.4, -0.2) is 83.5 Å². The largest absolute Gasteiger partial charge is 0.347 e. The molecule has 2 aliphatic rings. The third-order valence-corrected chi connectivity index (χ3v) is 5.98. The van der Waals surface area contributed by atoms with Crippen LogP contribution in [0.25, 0.3) is 0 Å². The van der Waals surface area contributed by atoms with Gasteiger partial charge in [0, 0.05) is 58.3 Å². The van der Waals surface area contributed by atoms with Gasteiger partial charge in [-0.1, -0.05) is 0 Å². The molecule has 2 aliphatic heterocycles. The topological polar surface area (TPSA) is 52.6 Å². The first-order chi connectivity index (χ1) is 11.6. The van der Waals surface area contributed by atoms with Gasteiger partial charge in [-0.3, -0.25) is 9.69 Å². The number of aromatic nitrogens is 2. The zero-order chi connectivity index (χ0) is 17.1. The maximum Gasteiger partial charge on any atom is 0.257 e. The van der Waals surface area contributed by atoms with E-state index < -0.39 is 0 Å². The second-order valence-electron chi connectivity index (χ2n) is 6.76. The van der Waals surface area contributed by atoms with E-state index in [0.29, 0.717) is 17.6 Å². The molecule has 0 aliphatic carbocycles. The van der Waals surface area contributed by atoms with Gasteiger partial charge in [-0.2, -0.15) is 11.8 Å². The van der Waals surface area contributed by atoms with Crippen molar-refractivity contribution >= 4 is 23.6 Å². The van der Waals surface area contributed by atoms with Crippen LogP contribution in [0, 0.1) is 6.92 Å². The Morgan fingerprint density at radius 1 is 1.29 bits per heavy atom. The fourth-order valence-corrected chi connectivity index (χ4v) is 4.62. The molecule has 2 saturated heterocycles. The fourth-order valence-electron chi connectivity index (χ4n) is 3.37. The van der Waals surface area contributed by atoms with Gasteiger partial charge < -0.3 is 9.80 Å². The van der Waals surface area contributed by atoms with Gasteiger partial charge in [-0.25, -0.2) is 9.97 Å². The van der Waals surface area contributed by atoms with E-state index >= 15 is 0 Å². The minimum Gasteiger partial charge on any atom is -0.347 e. The molecular weight excluding hydrogens is 322 g/mol. The van der Waals surface area contributed by atoms with Crippen molar-refractivity contribution in [2.75, 3.05) is 56.7 Å². The fraction of sp³-hybridized carbons (Fsp3) is 0.706. The molecule has 24 heavy (non-hydrogen) atoms. The highest BCUT2D eigenvalue weighted by Gasteiger charge is 2.27. The second-order valence-corrected chi connectivity index (χ2v) is 7.91. The third-order valence-electron chi connectivity index (χ3n) is 4.84. The minimum atomic E-state index is 0.0699. The van der Waals surface area contributed by atoms with Crippen molar-refractivity contribution in [1.29, 1.82) is 0 Å². The second kappa shape index (κ2) is 7.70. The van der Waals surface area contributed by atoms with Crippen LogP contribution in [0.15, 0.2) is 6.20 Å². The number of thioether (sulfide) groups is 1. The highest BCUT2D eigenvalue weighted by atomic mass is 32.2. The summed E-state index contributed by atoms with van der Waals surface area (Å²) in [6.45, 7) is 5.59. The summed E-state index contributed by atoms with van der Waals surface area (Å²) >= 11 is 2.05. The quantitative estimate of drug-likeness (QED) is 0.824. The van der Waals surface area contributed by atoms with E-state index in [4.69, 9.17) is 0 Å². The predicted molar refractivity (Wildman–Crippen MR) is 98.9 cm³/mol. The van der Waals surface area contributed by atoms with Gasteiger partial charge >= 0.3 is 0 Å². The summed E-state index contributed by atoms with van der Waals surface area (Å²) in [5.74, 6) is 3.23. The summed E-state index contributed by atoms with van der Waals surface area (Å²) in [6, 6.07) is 0.703. The molecule has 1 amide bonds. The number of carbonyl (C=O) groups is 1. The molecule has 132 valence electrons. The number of amides is 1. The standard InChI is InChI=1S/C17H27N5OS/c1-13-15(11-18-17(19-13)20(2)3)16(23)22-7-4-6-21(8-9-22)14-5-10-24-12-14/h11,14H,4-10,12H2,1-3H3. The van der Waals surface area contributed by atoms with Crippen LogP contribution in [0.5, 0.6) is 0 Å². The normalized spacial score (nSPS) is 22.5. The molecule has 0 aromatic carbocycles. The molecule has 1 aromatic heterocycles. The SMILES string of the molecule is Cc1nc(N(C)C)ncc1C(=O)N1CCCN(C2CCSC2)CC1. The first kappa shape index (κ1) is 17.5. The van der Waals surface area contributed by atoms with Gasteiger partial charge in [-0.15, -0.1) is 0 Å². The van der Waals surface area contributed by atoms with E-state index in [9.17, 15) is 4.79 Å². The van der Waals surface area contributed by atoms with Crippen molar-refractivity contribution in [1.82, 2.24) is 19.8 Å². The average molecular weight is 350 g/mol. The molecule has 0 bridgehead atoms. The molecule has 3 rings (SSSR count). The van der Waals surface area contributed by atoms with E-state index in [1.807, 2.05) is 42.6 Å². The first-order valence-corrected chi connectivity index (χ1v) is 9.84. The van der Waals surface area contributed by atoms with Gasteiger partial charge in [-0.05, 0) is 25.5 Å². The van der Waals surface area contributed by atoms with Crippen molar-refractivity contribution < 1.29 is 4.79 Å². The Bertz CT molecular complexity index is 588. The molecule has 3 heterocycles. The zero-order valence-corrected chi connectivity index (χ0v) is 15.7. The van der Waals surface area contributed by atoms with Crippen molar-refractivity contribution in [2.45, 2.75) is 25.8 Å². The Balaban J connectivity index is 1.66. The van der Waals surface area contributed by atoms with E-state index in [1.165, 1.54) is 17.9 Å². The van der Waals surface area contributed by atoms with Crippen molar-refractivity contribution in [3.05, 3.63) is 17.5 Å². The molecule has 6 nitrogen and oxygen atoms in total. The van der Waals surface area contributed by atoms with Crippen LogP contribution < -0.4 is 4.90 Å². The number of anilines is 1. The van der Waals surface area contributed by atoms with Gasteiger partial charge in [0.2, 0.25) is 5.95 Å². The Morgan fingerprint density at radius 2 is 2.12 bits per heavy atom. The number of hydrogen-bond acceptors (Lipinski definition) is 6. The Hall–Kier alpha value is -1.34. The van der Waals surface area contributed by atoms with Crippen LogP contribution in [0.4, 0.5) is 5.95 Å². The third kappa shape index (κ3) is 3.83. The highest BCUT2D eigenvalue weighted by Crippen LogP contribution is 2.23. The van der Waals surface area contributed by atoms with E-state index in [0.717, 1.165) is 38.3 Å². The lowest BCUT2D eigenvalue weighted by Gasteiger charge is -2.27. The van der Waals surface area contributed by atoms with Crippen molar-refractivity contribution in [2.24, 2.45) is 0 Å². The first-order valence-electron chi connectivity index (χ1n) is 8.68. The van der Waals surface area contributed by atoms with Crippen molar-refractivity contribution in [3.63, 3.8) is 0 Å². The molecule has 0 N–H and O–H groups in total. The molecular formula is C17H27N5OS. The molecule has 1 aromatic rings. The van der Waals surface area contributed by atoms with E-state index in [2.05, 4.69) is 14.9 Å². The number of aryl methyl sites for hydroxylation is 1. The summed E-state index contributed by atoms with van der Waals surface area (Å²) in [4.78, 5) is 28.0. The summed E-state index contributed by atoms with van der Waals surface area (Å²) in [5, 5.41) is 0. The van der Waals surface area contributed by atoms with Crippen molar-refractivity contribution in [3.8, 4) is 0 Å². The molecule has 1 atom stereocenters. The van der Waals surface area contributed by atoms with Gasteiger partial charge in [0.05, 0.1) is 11.3 Å². The predicted octanol–water partition coefficient (Wildman–Crippen LogP) is 1.50. The van der Waals surface area contributed by atoms with Crippen LogP contribution in [0.3, 0.4) is 0 Å². The number of carbonyl (C=O) groups excluding carboxylic acids is 1. The Kier molecular flexibility index (Phi) is 5.61. The van der Waals surface area contributed by atoms with Gasteiger partial charge in [0.1, 0.15) is 0 Å². The van der Waals surface area contributed by atoms with Crippen LogP contribution in [0.2, 0.25) is 0 Å². The Morgan fingerprint density at radius 3 is 2.79 bits per heavy atom. The zero-order valence-electron chi connectivity index (χ0n) is 14.9. The van der Waals surface area contributed by atoms with E-state index in [1.54, 1.807) is 6.20 Å². The minimum absolute atomic E-state index is 0.0699. The Labute approximate surface area is 148 Å². The average Bonchev–Trinajstić information content (AvgIpc) is 2.99. The lowest BCUT2D eigenvalue weighted by atomic mass is 10.2. The molecule has 1 unspecified atom stereocenters. The van der Waals surface area contributed by atoms with E-state index in [-0.39, 0.29) is 5.91 Å². The summed E-state index contributed by atoms with van der Waals surface area (Å²) < 4.78 is 0. The summed E-state index contributed by atoms with van der Waals surface area (Å²) in [7, 11) is 3.81. The van der Waals surface area contributed by atoms with Crippen LogP contribution >= 0.6 is 11.8 Å². The van der Waals surface area contributed by atoms with Crippen LogP contribution in [0.1, 0.15) is 28.9 Å². The summed E-state index contributed by atoms with van der Waals surface area (Å²) in [5.41, 5.74) is 1.39. The lowest BCUT2D eigenvalue weighted by Crippen LogP contribution is -2.39. The lowest BCUT2D eigenvalue weighted by molar-refractivity contribution is 0.0757. The number of rotatable bonds is 3. The summed E-state index contributed by atoms with van der Waals surface area (Å²) in [6.07, 6.45) is 4.01. The molecule has 0 radical (unpaired) electrons. The maximum atomic E-state index is 12.9. The number of hydrogen-bond donors (Lipinski definition) is 0. The number of nitrogens with zero attached hydrogens (tertiary/aromatic N) is 5. The molecule has 0 spiro atoms. The monoisotopic (exact) mass is 349 g/mol. The van der Waals surface area contributed by atoms with Gasteiger partial charge in [0.15, 0.2) is 0 Å². The van der Waals surface area contributed by atoms with Crippen LogP contribution in [-0.2, 0) is 0 Å². The molecule has 0 saturated carbocycles.